The Balaban J connectivity index is 4.49. The lowest BCUT2D eigenvalue weighted by Crippen LogP contribution is -2.30. The van der Waals surface area contributed by atoms with Gasteiger partial charge in [-0.1, -0.05) is 231 Å². The molecule has 0 N–H and O–H groups in total. The van der Waals surface area contributed by atoms with E-state index in [1.54, 1.807) is 0 Å². The number of unbranched alkanes of at least 4 members (excludes halogenated alkanes) is 20. The van der Waals surface area contributed by atoms with Crippen molar-refractivity contribution in [1.82, 2.24) is 0 Å². The predicted molar refractivity (Wildman–Crippen MR) is 320 cm³/mol. The van der Waals surface area contributed by atoms with Crippen molar-refractivity contribution in [2.75, 3.05) is 13.2 Å². The molecule has 0 saturated carbocycles. The van der Waals surface area contributed by atoms with E-state index in [0.717, 1.165) is 161 Å². The van der Waals surface area contributed by atoms with Crippen molar-refractivity contribution in [3.05, 3.63) is 134 Å². The van der Waals surface area contributed by atoms with Gasteiger partial charge in [-0.25, -0.2) is 0 Å². The van der Waals surface area contributed by atoms with Crippen LogP contribution in [-0.2, 0) is 28.6 Å². The molecule has 0 heterocycles. The van der Waals surface area contributed by atoms with Crippen molar-refractivity contribution in [2.24, 2.45) is 0 Å². The largest absolute Gasteiger partial charge is 0.462 e. The molecule has 1 unspecified atom stereocenters. The van der Waals surface area contributed by atoms with E-state index in [1.165, 1.54) is 57.8 Å². The normalized spacial score (nSPS) is 13.1. The Hall–Kier alpha value is -4.45. The third-order valence-electron chi connectivity index (χ3n) is 12.4. The maximum absolute atomic E-state index is 12.9. The van der Waals surface area contributed by atoms with Crippen LogP contribution in [0.3, 0.4) is 0 Å². The first-order chi connectivity index (χ1) is 36.5. The molecule has 0 aliphatic carbocycles. The van der Waals surface area contributed by atoms with Gasteiger partial charge in [0.25, 0.3) is 0 Å². The summed E-state index contributed by atoms with van der Waals surface area (Å²) in [7, 11) is 0. The molecule has 0 aromatic heterocycles. The lowest BCUT2D eigenvalue weighted by molar-refractivity contribution is -0.167. The molecule has 0 aliphatic rings. The van der Waals surface area contributed by atoms with Gasteiger partial charge < -0.3 is 14.2 Å². The zero-order valence-electron chi connectivity index (χ0n) is 47.8. The number of carbonyl (C=O) groups is 3. The molecule has 0 rings (SSSR count). The Morgan fingerprint density at radius 1 is 0.284 bits per heavy atom. The average molecular weight is 1020 g/mol. The van der Waals surface area contributed by atoms with Crippen molar-refractivity contribution in [1.29, 1.82) is 0 Å². The van der Waals surface area contributed by atoms with E-state index in [1.807, 2.05) is 0 Å². The van der Waals surface area contributed by atoms with E-state index in [0.29, 0.717) is 19.3 Å². The molecule has 0 aromatic rings. The van der Waals surface area contributed by atoms with Gasteiger partial charge in [0.05, 0.1) is 0 Å². The van der Waals surface area contributed by atoms with Crippen LogP contribution in [0.2, 0.25) is 0 Å². The van der Waals surface area contributed by atoms with Gasteiger partial charge in [0.15, 0.2) is 6.10 Å². The molecule has 0 amide bonds. The number of carbonyl (C=O) groups excluding carboxylic acids is 3. The number of hydrogen-bond donors (Lipinski definition) is 0. The van der Waals surface area contributed by atoms with Crippen molar-refractivity contribution < 1.29 is 28.6 Å². The summed E-state index contributed by atoms with van der Waals surface area (Å²) < 4.78 is 16.8. The summed E-state index contributed by atoms with van der Waals surface area (Å²) in [5.41, 5.74) is 0. The maximum Gasteiger partial charge on any atom is 0.306 e. The summed E-state index contributed by atoms with van der Waals surface area (Å²) in [6, 6.07) is 0. The average Bonchev–Trinajstić information content (AvgIpc) is 3.40. The molecule has 6 nitrogen and oxygen atoms in total. The van der Waals surface area contributed by atoms with E-state index < -0.39 is 6.10 Å². The molecule has 0 aromatic carbocycles. The van der Waals surface area contributed by atoms with Crippen molar-refractivity contribution in [3.63, 3.8) is 0 Å². The van der Waals surface area contributed by atoms with E-state index in [-0.39, 0.29) is 31.1 Å². The Morgan fingerprint density at radius 2 is 0.527 bits per heavy atom. The SMILES string of the molecule is CC/C=C\C/C=C\C/C=C\C/C=C\C/C=C\C/C=C\C/C=C\CCCCCC(=O)OCC(COC(=O)CCCCCCC/C=C\C/C=C\CCCCC)OC(=O)CCCCCCC/C=C\C/C=C\CCCCCC. The highest BCUT2D eigenvalue weighted by Gasteiger charge is 2.19. The number of rotatable bonds is 53. The number of hydrogen-bond acceptors (Lipinski definition) is 6. The molecule has 0 bridgehead atoms. The van der Waals surface area contributed by atoms with Crippen LogP contribution in [0, 0.1) is 0 Å². The Morgan fingerprint density at radius 3 is 0.865 bits per heavy atom. The van der Waals surface area contributed by atoms with Gasteiger partial charge in [0, 0.05) is 19.3 Å². The topological polar surface area (TPSA) is 78.9 Å². The molecule has 74 heavy (non-hydrogen) atoms. The van der Waals surface area contributed by atoms with Gasteiger partial charge in [-0.3, -0.25) is 14.4 Å². The third-order valence-corrected chi connectivity index (χ3v) is 12.4. The lowest BCUT2D eigenvalue weighted by atomic mass is 10.1. The van der Waals surface area contributed by atoms with E-state index >= 15 is 0 Å². The molecule has 0 fully saturated rings. The van der Waals surface area contributed by atoms with Crippen LogP contribution in [0.25, 0.3) is 0 Å². The molecule has 418 valence electrons. The minimum Gasteiger partial charge on any atom is -0.462 e. The van der Waals surface area contributed by atoms with E-state index in [9.17, 15) is 14.4 Å². The zero-order chi connectivity index (χ0) is 53.6. The van der Waals surface area contributed by atoms with E-state index in [2.05, 4.69) is 154 Å². The fourth-order valence-electron chi connectivity index (χ4n) is 7.83. The fraction of sp³-hybridized carbons (Fsp3) is 0.632. The first-order valence-corrected chi connectivity index (χ1v) is 30.2. The number of allylic oxidation sites excluding steroid dienone is 22. The first kappa shape index (κ1) is 69.5. The molecule has 0 spiro atoms. The van der Waals surface area contributed by atoms with Crippen LogP contribution in [0.1, 0.15) is 258 Å². The summed E-state index contributed by atoms with van der Waals surface area (Å²) in [4.78, 5) is 38.2. The zero-order valence-corrected chi connectivity index (χ0v) is 47.8. The summed E-state index contributed by atoms with van der Waals surface area (Å²) in [5.74, 6) is -0.968. The minimum absolute atomic E-state index is 0.106. The molecule has 6 heteroatoms. The number of esters is 3. The second-order valence-corrected chi connectivity index (χ2v) is 19.5. The fourth-order valence-corrected chi connectivity index (χ4v) is 7.83. The second kappa shape index (κ2) is 61.1. The molecule has 0 radical (unpaired) electrons. The Bertz CT molecular complexity index is 1600. The van der Waals surface area contributed by atoms with Crippen molar-refractivity contribution >= 4 is 17.9 Å². The molecule has 0 aliphatic heterocycles. The smallest absolute Gasteiger partial charge is 0.306 e. The first-order valence-electron chi connectivity index (χ1n) is 30.2. The van der Waals surface area contributed by atoms with Gasteiger partial charge in [-0.2, -0.15) is 0 Å². The predicted octanol–water partition coefficient (Wildman–Crippen LogP) is 20.6. The summed E-state index contributed by atoms with van der Waals surface area (Å²) >= 11 is 0. The highest BCUT2D eigenvalue weighted by molar-refractivity contribution is 5.71. The standard InChI is InChI=1S/C68H110O6/c1-4-7-10-13-16-19-22-25-28-30-31-32-33-34-35-36-37-38-41-43-46-49-52-55-58-61-67(70)73-64-65(63-72-66(69)60-57-54-51-48-45-42-39-27-24-21-18-15-12-9-6-3)74-68(71)62-59-56-53-50-47-44-40-29-26-23-20-17-14-11-8-5-2/h7,10,16,18-21,23,25,27-29,31-32,34-35,37-40,43,46,65H,4-6,8-9,11-15,17,22,24,26,30,33,36,41-42,44-45,47-64H2,1-3H3/b10-7-,19-16-,21-18-,23-20-,28-25-,32-31-,35-34-,38-37-,39-27-,40-29-,46-43-. The molecule has 0 saturated heterocycles. The lowest BCUT2D eigenvalue weighted by Gasteiger charge is -2.18. The van der Waals surface area contributed by atoms with Crippen LogP contribution >= 0.6 is 0 Å². The molecule has 1 atom stereocenters. The van der Waals surface area contributed by atoms with Gasteiger partial charge in [0.1, 0.15) is 13.2 Å². The van der Waals surface area contributed by atoms with Crippen LogP contribution < -0.4 is 0 Å². The maximum atomic E-state index is 12.9. The second-order valence-electron chi connectivity index (χ2n) is 19.5. The number of ether oxygens (including phenoxy) is 3. The van der Waals surface area contributed by atoms with Gasteiger partial charge >= 0.3 is 17.9 Å². The van der Waals surface area contributed by atoms with Crippen LogP contribution in [-0.4, -0.2) is 37.2 Å². The summed E-state index contributed by atoms with van der Waals surface area (Å²) in [6.07, 6.45) is 85.8. The van der Waals surface area contributed by atoms with Gasteiger partial charge in [-0.05, 0) is 141 Å². The van der Waals surface area contributed by atoms with Crippen LogP contribution in [0.5, 0.6) is 0 Å². The molecular weight excluding hydrogens is 913 g/mol. The highest BCUT2D eigenvalue weighted by Crippen LogP contribution is 2.13. The Kier molecular flexibility index (Phi) is 57.4. The summed E-state index contributed by atoms with van der Waals surface area (Å²) in [6.45, 7) is 6.43. The quantitative estimate of drug-likeness (QED) is 0.0261. The monoisotopic (exact) mass is 1020 g/mol. The van der Waals surface area contributed by atoms with Crippen LogP contribution in [0.15, 0.2) is 134 Å². The van der Waals surface area contributed by atoms with Gasteiger partial charge in [-0.15, -0.1) is 0 Å². The van der Waals surface area contributed by atoms with Crippen LogP contribution in [0.4, 0.5) is 0 Å². The van der Waals surface area contributed by atoms with Gasteiger partial charge in [0.2, 0.25) is 0 Å². The molecular formula is C68H110O6. The third kappa shape index (κ3) is 58.4. The minimum atomic E-state index is -0.811. The van der Waals surface area contributed by atoms with Crippen molar-refractivity contribution in [3.8, 4) is 0 Å². The summed E-state index contributed by atoms with van der Waals surface area (Å²) in [5, 5.41) is 0. The van der Waals surface area contributed by atoms with E-state index in [4.69, 9.17) is 14.2 Å². The highest BCUT2D eigenvalue weighted by atomic mass is 16.6. The Labute approximate surface area is 455 Å². The van der Waals surface area contributed by atoms with Crippen molar-refractivity contribution in [2.45, 2.75) is 264 Å².